The first kappa shape index (κ1) is 18.2. The van der Waals surface area contributed by atoms with Crippen molar-refractivity contribution in [2.45, 2.75) is 0 Å². The molecule has 3 rings (SSSR count). The lowest BCUT2D eigenvalue weighted by molar-refractivity contribution is -0.383. The molecule has 0 saturated heterocycles. The van der Waals surface area contributed by atoms with Crippen molar-refractivity contribution < 1.29 is 18.9 Å². The second kappa shape index (κ2) is 8.22. The van der Waals surface area contributed by atoms with Gasteiger partial charge >= 0.3 is 11.6 Å². The van der Waals surface area contributed by atoms with Gasteiger partial charge in [0, 0.05) is 12.4 Å². The number of rotatable bonds is 7. The highest BCUT2D eigenvalue weighted by molar-refractivity contribution is 5.95. The lowest BCUT2D eigenvalue weighted by atomic mass is 10.3. The molecule has 2 amide bonds. The van der Waals surface area contributed by atoms with Gasteiger partial charge in [0.15, 0.2) is 5.76 Å². The van der Waals surface area contributed by atoms with Crippen molar-refractivity contribution in [3.05, 3.63) is 70.7 Å². The minimum atomic E-state index is -0.778. The van der Waals surface area contributed by atoms with E-state index in [0.29, 0.717) is 0 Å². The maximum absolute atomic E-state index is 12.0. The number of nitrogens with one attached hydrogen (secondary N) is 4. The Morgan fingerprint density at radius 2 is 1.75 bits per heavy atom. The van der Waals surface area contributed by atoms with Crippen LogP contribution in [0.5, 0.6) is 0 Å². The Bertz CT molecular complexity index is 993. The monoisotopic (exact) mass is 384 g/mol. The molecule has 3 heterocycles. The Hall–Kier alpha value is -4.55. The second-order valence-electron chi connectivity index (χ2n) is 5.05. The molecule has 0 radical (unpaired) electrons. The lowest BCUT2D eigenvalue weighted by Gasteiger charge is -2.11. The van der Waals surface area contributed by atoms with Crippen molar-refractivity contribution in [1.29, 1.82) is 0 Å². The van der Waals surface area contributed by atoms with E-state index in [4.69, 9.17) is 4.42 Å². The second-order valence-corrected chi connectivity index (χ2v) is 5.05. The number of nitrogens with zero attached hydrogens (tertiary/aromatic N) is 4. The van der Waals surface area contributed by atoms with Crippen LogP contribution in [0.25, 0.3) is 0 Å². The van der Waals surface area contributed by atoms with Crippen LogP contribution < -0.4 is 21.7 Å². The van der Waals surface area contributed by atoms with Crippen molar-refractivity contribution in [2.75, 3.05) is 10.9 Å². The van der Waals surface area contributed by atoms with Gasteiger partial charge in [-0.2, -0.15) is 0 Å². The number of hydrogen-bond donors (Lipinski definition) is 4. The van der Waals surface area contributed by atoms with E-state index in [1.807, 2.05) is 0 Å². The topological polar surface area (TPSA) is 177 Å². The van der Waals surface area contributed by atoms with Gasteiger partial charge in [-0.25, -0.2) is 9.97 Å². The van der Waals surface area contributed by atoms with E-state index in [1.54, 1.807) is 6.07 Å². The summed E-state index contributed by atoms with van der Waals surface area (Å²) in [5.74, 6) is -1.87. The van der Waals surface area contributed by atoms with Gasteiger partial charge in [-0.05, 0) is 24.3 Å². The number of aromatic nitrogens is 3. The van der Waals surface area contributed by atoms with Crippen LogP contribution in [0.3, 0.4) is 0 Å². The zero-order chi connectivity index (χ0) is 19.9. The Balaban J connectivity index is 1.73. The number of furan rings is 1. The molecule has 28 heavy (non-hydrogen) atoms. The maximum atomic E-state index is 12.0. The highest BCUT2D eigenvalue weighted by atomic mass is 16.6. The first-order valence-electron chi connectivity index (χ1n) is 7.62. The number of hydrogen-bond acceptors (Lipinski definition) is 10. The highest BCUT2D eigenvalue weighted by Gasteiger charge is 2.24. The Morgan fingerprint density at radius 3 is 2.32 bits per heavy atom. The molecule has 0 bridgehead atoms. The van der Waals surface area contributed by atoms with Crippen LogP contribution in [0.15, 0.2) is 53.7 Å². The van der Waals surface area contributed by atoms with Crippen LogP contribution in [0.1, 0.15) is 20.9 Å². The summed E-state index contributed by atoms with van der Waals surface area (Å²) in [5.41, 5.74) is 8.80. The Morgan fingerprint density at radius 1 is 1.04 bits per heavy atom. The summed E-state index contributed by atoms with van der Waals surface area (Å²) in [6, 6.07) is 5.99. The molecule has 0 aromatic carbocycles. The van der Waals surface area contributed by atoms with Crippen LogP contribution in [0, 0.1) is 10.1 Å². The summed E-state index contributed by atoms with van der Waals surface area (Å²) < 4.78 is 4.91. The van der Waals surface area contributed by atoms with Crippen LogP contribution in [0.2, 0.25) is 0 Å². The Labute approximate surface area is 156 Å². The molecule has 0 aliphatic heterocycles. The average Bonchev–Trinajstić information content (AvgIpc) is 3.25. The fourth-order valence-electron chi connectivity index (χ4n) is 2.01. The molecule has 0 aliphatic rings. The zero-order valence-electron chi connectivity index (χ0n) is 13.9. The first-order chi connectivity index (χ1) is 13.6. The molecule has 142 valence electrons. The van der Waals surface area contributed by atoms with Crippen LogP contribution >= 0.6 is 0 Å². The fourth-order valence-corrected chi connectivity index (χ4v) is 2.01. The van der Waals surface area contributed by atoms with Gasteiger partial charge in [-0.3, -0.25) is 46.4 Å². The number of pyridine rings is 1. The summed E-state index contributed by atoms with van der Waals surface area (Å²) in [7, 11) is 0. The number of carbonyl (C=O) groups excluding carboxylic acids is 2. The van der Waals surface area contributed by atoms with Crippen molar-refractivity contribution in [3.63, 3.8) is 0 Å². The normalized spacial score (nSPS) is 10.0. The zero-order valence-corrected chi connectivity index (χ0v) is 13.9. The van der Waals surface area contributed by atoms with E-state index in [-0.39, 0.29) is 23.0 Å². The van der Waals surface area contributed by atoms with Gasteiger partial charge in [0.2, 0.25) is 11.6 Å². The van der Waals surface area contributed by atoms with Crippen molar-refractivity contribution in [2.24, 2.45) is 0 Å². The molecule has 3 aromatic heterocycles. The largest absolute Gasteiger partial charge is 0.459 e. The quantitative estimate of drug-likeness (QED) is 0.338. The molecule has 0 aliphatic carbocycles. The predicted octanol–water partition coefficient (Wildman–Crippen LogP) is 0.887. The molecule has 13 nitrogen and oxygen atoms in total. The van der Waals surface area contributed by atoms with E-state index in [1.165, 1.54) is 36.9 Å². The molecule has 0 unspecified atom stereocenters. The van der Waals surface area contributed by atoms with E-state index < -0.39 is 22.4 Å². The van der Waals surface area contributed by atoms with Crippen molar-refractivity contribution >= 4 is 29.1 Å². The van der Waals surface area contributed by atoms with Crippen LogP contribution in [-0.2, 0) is 0 Å². The van der Waals surface area contributed by atoms with Crippen LogP contribution in [-0.4, -0.2) is 31.7 Å². The smallest absolute Gasteiger partial charge is 0.356 e. The number of anilines is 2. The van der Waals surface area contributed by atoms with Gasteiger partial charge < -0.3 is 4.42 Å². The first-order valence-corrected chi connectivity index (χ1v) is 7.62. The molecule has 0 atom stereocenters. The summed E-state index contributed by atoms with van der Waals surface area (Å²) in [4.78, 5) is 45.8. The molecule has 0 saturated carbocycles. The summed E-state index contributed by atoms with van der Waals surface area (Å²) in [5, 5.41) is 11.4. The average molecular weight is 384 g/mol. The summed E-state index contributed by atoms with van der Waals surface area (Å²) in [6.45, 7) is 0. The third kappa shape index (κ3) is 4.16. The third-order valence-electron chi connectivity index (χ3n) is 3.26. The summed E-state index contributed by atoms with van der Waals surface area (Å²) in [6.07, 6.45) is 5.12. The van der Waals surface area contributed by atoms with Gasteiger partial charge in [0.05, 0.1) is 16.7 Å². The minimum absolute atomic E-state index is 0.00806. The third-order valence-corrected chi connectivity index (χ3v) is 3.26. The molecule has 0 fully saturated rings. The van der Waals surface area contributed by atoms with Crippen molar-refractivity contribution in [3.8, 4) is 0 Å². The van der Waals surface area contributed by atoms with E-state index in [0.717, 1.165) is 6.33 Å². The number of hydrazine groups is 2. The predicted molar refractivity (Wildman–Crippen MR) is 93.8 cm³/mol. The van der Waals surface area contributed by atoms with E-state index >= 15 is 0 Å². The number of nitro groups is 1. The molecular weight excluding hydrogens is 372 g/mol. The number of carbonyl (C=O) groups is 2. The molecule has 13 heteroatoms. The lowest BCUT2D eigenvalue weighted by Crippen LogP contribution is -2.32. The van der Waals surface area contributed by atoms with Gasteiger partial charge in [0.25, 0.3) is 5.91 Å². The van der Waals surface area contributed by atoms with Gasteiger partial charge in [-0.15, -0.1) is 0 Å². The van der Waals surface area contributed by atoms with E-state index in [2.05, 4.69) is 36.7 Å². The molecule has 3 aromatic rings. The SMILES string of the molecule is O=C(NNc1ncnc(NNC(=O)c2ccco2)c1[N+](=O)[O-])c1cccnc1. The molecule has 4 N–H and O–H groups in total. The molecule has 0 spiro atoms. The minimum Gasteiger partial charge on any atom is -0.459 e. The van der Waals surface area contributed by atoms with E-state index in [9.17, 15) is 19.7 Å². The maximum Gasteiger partial charge on any atom is 0.356 e. The standard InChI is InChI=1S/C15H12N8O5/c24-14(9-3-1-5-16-7-9)21-19-12-11(23(26)27)13(18-8-17-12)20-22-15(25)10-4-2-6-28-10/h1-8H,(H,21,24)(H,22,25)(H2,17,18,19,20). The van der Waals surface area contributed by atoms with Crippen molar-refractivity contribution in [1.82, 2.24) is 25.8 Å². The molecular formula is C15H12N8O5. The number of amides is 2. The summed E-state index contributed by atoms with van der Waals surface area (Å²) >= 11 is 0. The highest BCUT2D eigenvalue weighted by Crippen LogP contribution is 2.27. The van der Waals surface area contributed by atoms with Crippen LogP contribution in [0.4, 0.5) is 17.3 Å². The van der Waals surface area contributed by atoms with Gasteiger partial charge in [0.1, 0.15) is 6.33 Å². The van der Waals surface area contributed by atoms with Gasteiger partial charge in [-0.1, -0.05) is 0 Å². The Kier molecular flexibility index (Phi) is 5.36. The fraction of sp³-hybridized carbons (Fsp3) is 0.